The number of aromatic nitrogens is 3. The van der Waals surface area contributed by atoms with Gasteiger partial charge in [0.1, 0.15) is 6.54 Å². The second-order valence-corrected chi connectivity index (χ2v) is 2.84. The van der Waals surface area contributed by atoms with Crippen LogP contribution in [0.25, 0.3) is 0 Å². The molecular formula is C7H13N5O2. The number of hydrogen-bond donors (Lipinski definition) is 2. The number of hydrogen-bond acceptors (Lipinski definition) is 5. The Morgan fingerprint density at radius 2 is 2.50 bits per heavy atom. The Kier molecular flexibility index (Phi) is 3.55. The number of methoxy groups -OCH3 is 1. The van der Waals surface area contributed by atoms with E-state index in [1.54, 1.807) is 7.11 Å². The maximum absolute atomic E-state index is 10.7. The molecule has 0 fully saturated rings. The average molecular weight is 199 g/mol. The minimum atomic E-state index is -0.485. The van der Waals surface area contributed by atoms with Crippen LogP contribution >= 0.6 is 0 Å². The van der Waals surface area contributed by atoms with Crippen LogP contribution in [0.4, 0.5) is 0 Å². The summed E-state index contributed by atoms with van der Waals surface area (Å²) in [5, 5.41) is 7.34. The quantitative estimate of drug-likeness (QED) is 0.594. The summed E-state index contributed by atoms with van der Waals surface area (Å²) in [6.07, 6.45) is 1.49. The standard InChI is InChI=1S/C7H13N5O2/c1-14-4-5(8)6-2-10-11-12(6)3-7(9)13/h2,5H,3-4,8H2,1H3,(H2,9,13). The molecule has 7 heteroatoms. The van der Waals surface area contributed by atoms with Crippen molar-refractivity contribution in [3.05, 3.63) is 11.9 Å². The highest BCUT2D eigenvalue weighted by Crippen LogP contribution is 2.07. The van der Waals surface area contributed by atoms with E-state index in [9.17, 15) is 4.79 Å². The predicted molar refractivity (Wildman–Crippen MR) is 48.0 cm³/mol. The summed E-state index contributed by atoms with van der Waals surface area (Å²) in [5.41, 5.74) is 11.4. The van der Waals surface area contributed by atoms with Crippen LogP contribution in [-0.2, 0) is 16.1 Å². The lowest BCUT2D eigenvalue weighted by molar-refractivity contribution is -0.118. The van der Waals surface area contributed by atoms with Gasteiger partial charge in [0.05, 0.1) is 24.5 Å². The molecule has 0 bridgehead atoms. The maximum atomic E-state index is 10.7. The van der Waals surface area contributed by atoms with Crippen molar-refractivity contribution in [2.24, 2.45) is 11.5 Å². The van der Waals surface area contributed by atoms with Gasteiger partial charge in [0.25, 0.3) is 0 Å². The molecule has 14 heavy (non-hydrogen) atoms. The maximum Gasteiger partial charge on any atom is 0.239 e. The van der Waals surface area contributed by atoms with Gasteiger partial charge in [-0.3, -0.25) is 4.79 Å². The first-order valence-corrected chi connectivity index (χ1v) is 4.06. The number of carbonyl (C=O) groups is 1. The average Bonchev–Trinajstić information content (AvgIpc) is 2.51. The van der Waals surface area contributed by atoms with E-state index in [2.05, 4.69) is 10.3 Å². The molecule has 0 radical (unpaired) electrons. The molecular weight excluding hydrogens is 186 g/mol. The zero-order chi connectivity index (χ0) is 10.6. The molecule has 7 nitrogen and oxygen atoms in total. The number of nitrogens with two attached hydrogens (primary N) is 2. The first-order valence-electron chi connectivity index (χ1n) is 4.06. The summed E-state index contributed by atoms with van der Waals surface area (Å²) < 4.78 is 6.24. The molecule has 4 N–H and O–H groups in total. The number of rotatable bonds is 5. The fraction of sp³-hybridized carbons (Fsp3) is 0.571. The van der Waals surface area contributed by atoms with E-state index in [0.717, 1.165) is 0 Å². The Morgan fingerprint density at radius 1 is 1.79 bits per heavy atom. The summed E-state index contributed by atoms with van der Waals surface area (Å²) in [4.78, 5) is 10.7. The molecule has 0 aliphatic carbocycles. The van der Waals surface area contributed by atoms with E-state index in [1.807, 2.05) is 0 Å². The Bertz CT molecular complexity index is 311. The zero-order valence-electron chi connectivity index (χ0n) is 7.88. The van der Waals surface area contributed by atoms with Gasteiger partial charge in [-0.1, -0.05) is 5.21 Å². The van der Waals surface area contributed by atoms with Crippen LogP contribution in [0, 0.1) is 0 Å². The van der Waals surface area contributed by atoms with Crippen molar-refractivity contribution in [2.45, 2.75) is 12.6 Å². The van der Waals surface area contributed by atoms with Crippen LogP contribution < -0.4 is 11.5 Å². The molecule has 0 aliphatic heterocycles. The van der Waals surface area contributed by atoms with E-state index in [4.69, 9.17) is 16.2 Å². The van der Waals surface area contributed by atoms with Crippen molar-refractivity contribution in [1.82, 2.24) is 15.0 Å². The Balaban J connectivity index is 2.75. The van der Waals surface area contributed by atoms with Gasteiger partial charge in [-0.15, -0.1) is 5.10 Å². The topological polar surface area (TPSA) is 109 Å². The molecule has 0 saturated carbocycles. The van der Waals surface area contributed by atoms with Gasteiger partial charge in [-0.25, -0.2) is 4.68 Å². The van der Waals surface area contributed by atoms with Gasteiger partial charge in [-0.2, -0.15) is 0 Å². The second-order valence-electron chi connectivity index (χ2n) is 2.84. The smallest absolute Gasteiger partial charge is 0.239 e. The molecule has 1 heterocycles. The molecule has 1 amide bonds. The van der Waals surface area contributed by atoms with E-state index in [1.165, 1.54) is 10.9 Å². The van der Waals surface area contributed by atoms with Gasteiger partial charge in [-0.05, 0) is 0 Å². The lowest BCUT2D eigenvalue weighted by Crippen LogP contribution is -2.25. The molecule has 78 valence electrons. The fourth-order valence-corrected chi connectivity index (χ4v) is 1.09. The van der Waals surface area contributed by atoms with Crippen molar-refractivity contribution in [1.29, 1.82) is 0 Å². The number of carbonyl (C=O) groups excluding carboxylic acids is 1. The summed E-state index contributed by atoms with van der Waals surface area (Å²) in [5.74, 6) is -0.485. The van der Waals surface area contributed by atoms with Crippen molar-refractivity contribution in [3.63, 3.8) is 0 Å². The van der Waals surface area contributed by atoms with Crippen LogP contribution in [0.2, 0.25) is 0 Å². The van der Waals surface area contributed by atoms with Crippen molar-refractivity contribution in [3.8, 4) is 0 Å². The SMILES string of the molecule is COCC(N)c1cnnn1CC(N)=O. The second kappa shape index (κ2) is 4.68. The molecule has 1 atom stereocenters. The normalized spacial score (nSPS) is 12.7. The minimum Gasteiger partial charge on any atom is -0.383 e. The third-order valence-electron chi connectivity index (χ3n) is 1.68. The lowest BCUT2D eigenvalue weighted by atomic mass is 10.2. The first-order chi connectivity index (χ1) is 6.65. The molecule has 1 aromatic rings. The highest BCUT2D eigenvalue weighted by atomic mass is 16.5. The van der Waals surface area contributed by atoms with Crippen LogP contribution in [0.1, 0.15) is 11.7 Å². The van der Waals surface area contributed by atoms with Crippen LogP contribution in [-0.4, -0.2) is 34.6 Å². The van der Waals surface area contributed by atoms with Crippen molar-refractivity contribution in [2.75, 3.05) is 13.7 Å². The van der Waals surface area contributed by atoms with E-state index < -0.39 is 5.91 Å². The lowest BCUT2D eigenvalue weighted by Gasteiger charge is -2.10. The van der Waals surface area contributed by atoms with Crippen molar-refractivity contribution < 1.29 is 9.53 Å². The van der Waals surface area contributed by atoms with Crippen LogP contribution in [0.3, 0.4) is 0 Å². The first kappa shape index (κ1) is 10.6. The number of amides is 1. The third kappa shape index (κ3) is 2.51. The van der Waals surface area contributed by atoms with Gasteiger partial charge < -0.3 is 16.2 Å². The summed E-state index contributed by atoms with van der Waals surface area (Å²) in [6.45, 7) is 0.318. The summed E-state index contributed by atoms with van der Waals surface area (Å²) >= 11 is 0. The highest BCUT2D eigenvalue weighted by molar-refractivity contribution is 5.73. The fourth-order valence-electron chi connectivity index (χ4n) is 1.09. The van der Waals surface area contributed by atoms with E-state index in [-0.39, 0.29) is 12.6 Å². The summed E-state index contributed by atoms with van der Waals surface area (Å²) in [6, 6.07) is -0.352. The molecule has 0 spiro atoms. The van der Waals surface area contributed by atoms with Gasteiger partial charge in [0.2, 0.25) is 5.91 Å². The van der Waals surface area contributed by atoms with Crippen LogP contribution in [0.15, 0.2) is 6.20 Å². The van der Waals surface area contributed by atoms with Gasteiger partial charge >= 0.3 is 0 Å². The van der Waals surface area contributed by atoms with E-state index in [0.29, 0.717) is 12.3 Å². The van der Waals surface area contributed by atoms with Gasteiger partial charge in [0, 0.05) is 7.11 Å². The molecule has 0 aromatic carbocycles. The number of ether oxygens (including phenoxy) is 1. The minimum absolute atomic E-state index is 0.0211. The largest absolute Gasteiger partial charge is 0.383 e. The van der Waals surface area contributed by atoms with Crippen molar-refractivity contribution >= 4 is 5.91 Å². The molecule has 1 rings (SSSR count). The summed E-state index contributed by atoms with van der Waals surface area (Å²) in [7, 11) is 1.54. The third-order valence-corrected chi connectivity index (χ3v) is 1.68. The monoisotopic (exact) mass is 199 g/mol. The van der Waals surface area contributed by atoms with Crippen LogP contribution in [0.5, 0.6) is 0 Å². The Labute approximate surface area is 81.0 Å². The Hall–Kier alpha value is -1.47. The highest BCUT2D eigenvalue weighted by Gasteiger charge is 2.13. The van der Waals surface area contributed by atoms with Gasteiger partial charge in [0.15, 0.2) is 0 Å². The van der Waals surface area contributed by atoms with E-state index >= 15 is 0 Å². The molecule has 1 aromatic heterocycles. The Morgan fingerprint density at radius 3 is 3.07 bits per heavy atom. The predicted octanol–water partition coefficient (Wildman–Crippen LogP) is -1.59. The zero-order valence-corrected chi connectivity index (χ0v) is 7.88. The molecule has 0 aliphatic rings. The molecule has 1 unspecified atom stereocenters. The number of nitrogens with zero attached hydrogens (tertiary/aromatic N) is 3. The number of primary amides is 1. The molecule has 0 saturated heterocycles.